The number of hydrogen-bond donors (Lipinski definition) is 2. The molecule has 0 aliphatic rings. The standard InChI is InChI=1S/C13H13N5S/c14-9-1-2-11-10(7-9)13(18-8-17-11)16-4-3-12-15-5-6-19-12/h1-2,5-8H,3-4,14H2,(H,16,17,18). The zero-order chi connectivity index (χ0) is 13.1. The fourth-order valence-corrected chi connectivity index (χ4v) is 2.50. The van der Waals surface area contributed by atoms with Gasteiger partial charge in [0, 0.05) is 35.6 Å². The van der Waals surface area contributed by atoms with Crippen molar-refractivity contribution in [3.05, 3.63) is 41.1 Å². The molecule has 0 radical (unpaired) electrons. The van der Waals surface area contributed by atoms with Crippen LogP contribution in [0, 0.1) is 0 Å². The third kappa shape index (κ3) is 2.63. The molecule has 96 valence electrons. The summed E-state index contributed by atoms with van der Waals surface area (Å²) < 4.78 is 0. The lowest BCUT2D eigenvalue weighted by atomic mass is 10.2. The normalized spacial score (nSPS) is 10.7. The Morgan fingerprint density at radius 2 is 2.16 bits per heavy atom. The molecule has 0 amide bonds. The predicted molar refractivity (Wildman–Crippen MR) is 78.3 cm³/mol. The van der Waals surface area contributed by atoms with Crippen LogP contribution in [0.2, 0.25) is 0 Å². The predicted octanol–water partition coefficient (Wildman–Crippen LogP) is 2.32. The molecule has 0 bridgehead atoms. The molecule has 3 rings (SSSR count). The van der Waals surface area contributed by atoms with Crippen LogP contribution in [0.25, 0.3) is 10.9 Å². The van der Waals surface area contributed by atoms with Gasteiger partial charge in [0.1, 0.15) is 12.1 Å². The number of nitrogens with zero attached hydrogens (tertiary/aromatic N) is 3. The Bertz CT molecular complexity index is 681. The van der Waals surface area contributed by atoms with Crippen molar-refractivity contribution in [2.75, 3.05) is 17.6 Å². The summed E-state index contributed by atoms with van der Waals surface area (Å²) in [4.78, 5) is 12.7. The second-order valence-corrected chi connectivity index (χ2v) is 5.08. The van der Waals surface area contributed by atoms with Crippen molar-refractivity contribution in [2.45, 2.75) is 6.42 Å². The van der Waals surface area contributed by atoms with E-state index in [2.05, 4.69) is 20.3 Å². The SMILES string of the molecule is Nc1ccc2ncnc(NCCc3nccs3)c2c1. The largest absolute Gasteiger partial charge is 0.399 e. The molecule has 3 aromatic rings. The first-order valence-electron chi connectivity index (χ1n) is 5.95. The van der Waals surface area contributed by atoms with Gasteiger partial charge in [0.25, 0.3) is 0 Å². The summed E-state index contributed by atoms with van der Waals surface area (Å²) in [6, 6.07) is 5.63. The van der Waals surface area contributed by atoms with E-state index < -0.39 is 0 Å². The lowest BCUT2D eigenvalue weighted by Crippen LogP contribution is -2.07. The zero-order valence-corrected chi connectivity index (χ0v) is 11.0. The molecule has 19 heavy (non-hydrogen) atoms. The maximum absolute atomic E-state index is 5.81. The molecule has 1 aromatic carbocycles. The van der Waals surface area contributed by atoms with Crippen LogP contribution in [0.3, 0.4) is 0 Å². The fraction of sp³-hybridized carbons (Fsp3) is 0.154. The topological polar surface area (TPSA) is 76.7 Å². The summed E-state index contributed by atoms with van der Waals surface area (Å²) in [5.74, 6) is 0.814. The lowest BCUT2D eigenvalue weighted by molar-refractivity contribution is 0.987. The molecular formula is C13H13N5S. The van der Waals surface area contributed by atoms with E-state index in [-0.39, 0.29) is 0 Å². The summed E-state index contributed by atoms with van der Waals surface area (Å²) in [7, 11) is 0. The number of thiazole rings is 1. The first-order chi connectivity index (χ1) is 9.33. The third-order valence-corrected chi connectivity index (χ3v) is 3.61. The van der Waals surface area contributed by atoms with Crippen molar-refractivity contribution in [1.29, 1.82) is 0 Å². The maximum Gasteiger partial charge on any atom is 0.137 e. The quantitative estimate of drug-likeness (QED) is 0.712. The summed E-state index contributed by atoms with van der Waals surface area (Å²) in [6.07, 6.45) is 4.26. The van der Waals surface area contributed by atoms with Gasteiger partial charge in [-0.1, -0.05) is 0 Å². The van der Waals surface area contributed by atoms with Crippen LogP contribution in [0.4, 0.5) is 11.5 Å². The number of hydrogen-bond acceptors (Lipinski definition) is 6. The van der Waals surface area contributed by atoms with Crippen molar-refractivity contribution in [3.8, 4) is 0 Å². The Labute approximate surface area is 114 Å². The van der Waals surface area contributed by atoms with Crippen LogP contribution >= 0.6 is 11.3 Å². The third-order valence-electron chi connectivity index (χ3n) is 2.77. The van der Waals surface area contributed by atoms with E-state index in [1.165, 1.54) is 0 Å². The highest BCUT2D eigenvalue weighted by Crippen LogP contribution is 2.21. The first kappa shape index (κ1) is 11.9. The van der Waals surface area contributed by atoms with E-state index in [0.717, 1.165) is 34.7 Å². The van der Waals surface area contributed by atoms with Gasteiger partial charge in [-0.2, -0.15) is 0 Å². The molecule has 0 atom stereocenters. The Balaban J connectivity index is 1.78. The molecule has 0 aliphatic heterocycles. The van der Waals surface area contributed by atoms with Crippen molar-refractivity contribution >= 4 is 33.7 Å². The number of nitrogens with one attached hydrogen (secondary N) is 1. The van der Waals surface area contributed by atoms with Crippen molar-refractivity contribution < 1.29 is 0 Å². The molecule has 2 aromatic heterocycles. The number of nitrogens with two attached hydrogens (primary N) is 1. The Hall–Kier alpha value is -2.21. The van der Waals surface area contributed by atoms with Gasteiger partial charge in [0.15, 0.2) is 0 Å². The Morgan fingerprint density at radius 3 is 3.00 bits per heavy atom. The molecule has 0 saturated heterocycles. The summed E-state index contributed by atoms with van der Waals surface area (Å²) in [6.45, 7) is 0.786. The van der Waals surface area contributed by atoms with E-state index in [4.69, 9.17) is 5.73 Å². The van der Waals surface area contributed by atoms with E-state index in [9.17, 15) is 0 Å². The average Bonchev–Trinajstić information content (AvgIpc) is 2.92. The van der Waals surface area contributed by atoms with Crippen molar-refractivity contribution in [2.24, 2.45) is 0 Å². The molecule has 2 heterocycles. The van der Waals surface area contributed by atoms with E-state index in [0.29, 0.717) is 5.69 Å². The second-order valence-electron chi connectivity index (χ2n) is 4.10. The highest BCUT2D eigenvalue weighted by atomic mass is 32.1. The number of anilines is 2. The van der Waals surface area contributed by atoms with Crippen LogP contribution in [0.5, 0.6) is 0 Å². The van der Waals surface area contributed by atoms with E-state index in [1.807, 2.05) is 29.8 Å². The van der Waals surface area contributed by atoms with Crippen LogP contribution in [0.1, 0.15) is 5.01 Å². The number of nitrogen functional groups attached to an aromatic ring is 1. The smallest absolute Gasteiger partial charge is 0.137 e. The van der Waals surface area contributed by atoms with Gasteiger partial charge in [-0.15, -0.1) is 11.3 Å². The minimum Gasteiger partial charge on any atom is -0.399 e. The van der Waals surface area contributed by atoms with Crippen LogP contribution < -0.4 is 11.1 Å². The number of fused-ring (bicyclic) bond motifs is 1. The molecule has 0 spiro atoms. The summed E-state index contributed by atoms with van der Waals surface area (Å²) >= 11 is 1.66. The van der Waals surface area contributed by atoms with Crippen LogP contribution in [-0.4, -0.2) is 21.5 Å². The average molecular weight is 271 g/mol. The van der Waals surface area contributed by atoms with E-state index >= 15 is 0 Å². The lowest BCUT2D eigenvalue weighted by Gasteiger charge is -2.07. The van der Waals surface area contributed by atoms with Gasteiger partial charge >= 0.3 is 0 Å². The summed E-state index contributed by atoms with van der Waals surface area (Å²) in [5.41, 5.74) is 7.41. The minimum atomic E-state index is 0.713. The maximum atomic E-state index is 5.81. The Kier molecular flexibility index (Phi) is 3.24. The second kappa shape index (κ2) is 5.19. The molecule has 0 aliphatic carbocycles. The molecular weight excluding hydrogens is 258 g/mol. The van der Waals surface area contributed by atoms with Gasteiger partial charge in [-0.05, 0) is 18.2 Å². The summed E-state index contributed by atoms with van der Waals surface area (Å²) in [5, 5.41) is 7.36. The number of aromatic nitrogens is 3. The molecule has 0 saturated carbocycles. The highest BCUT2D eigenvalue weighted by Gasteiger charge is 2.04. The van der Waals surface area contributed by atoms with Gasteiger partial charge in [0.05, 0.1) is 10.5 Å². The molecule has 0 unspecified atom stereocenters. The zero-order valence-electron chi connectivity index (χ0n) is 10.2. The van der Waals surface area contributed by atoms with Crippen LogP contribution in [0.15, 0.2) is 36.1 Å². The molecule has 6 heteroatoms. The molecule has 3 N–H and O–H groups in total. The number of benzene rings is 1. The van der Waals surface area contributed by atoms with Gasteiger partial charge in [-0.3, -0.25) is 0 Å². The number of rotatable bonds is 4. The van der Waals surface area contributed by atoms with Crippen molar-refractivity contribution in [1.82, 2.24) is 15.0 Å². The highest BCUT2D eigenvalue weighted by molar-refractivity contribution is 7.09. The van der Waals surface area contributed by atoms with Gasteiger partial charge in [-0.25, -0.2) is 15.0 Å². The van der Waals surface area contributed by atoms with Crippen LogP contribution in [-0.2, 0) is 6.42 Å². The Morgan fingerprint density at radius 1 is 1.21 bits per heavy atom. The fourth-order valence-electron chi connectivity index (χ4n) is 1.88. The van der Waals surface area contributed by atoms with Gasteiger partial charge < -0.3 is 11.1 Å². The first-order valence-corrected chi connectivity index (χ1v) is 6.83. The molecule has 5 nitrogen and oxygen atoms in total. The van der Waals surface area contributed by atoms with Gasteiger partial charge in [0.2, 0.25) is 0 Å². The monoisotopic (exact) mass is 271 g/mol. The van der Waals surface area contributed by atoms with E-state index in [1.54, 1.807) is 17.7 Å². The minimum absolute atomic E-state index is 0.713. The molecule has 0 fully saturated rings. The van der Waals surface area contributed by atoms with Crippen molar-refractivity contribution in [3.63, 3.8) is 0 Å².